The number of hydrogen-bond donors (Lipinski definition) is 4. The molecular weight excluding hydrogens is 837 g/mol. The van der Waals surface area contributed by atoms with Crippen LogP contribution < -0.4 is 30.9 Å². The van der Waals surface area contributed by atoms with Crippen LogP contribution in [0.2, 0.25) is 0 Å². The van der Waals surface area contributed by atoms with Crippen molar-refractivity contribution in [2.45, 2.75) is 84.2 Å². The first-order chi connectivity index (χ1) is 30.8. The van der Waals surface area contributed by atoms with Gasteiger partial charge in [-0.2, -0.15) is 0 Å². The Balaban J connectivity index is 0.000000184. The number of hydrogen-bond acceptors (Lipinski definition) is 9. The molecule has 12 nitrogen and oxygen atoms in total. The first-order valence-corrected chi connectivity index (χ1v) is 23.2. The molecule has 2 atom stereocenters. The molecule has 5 aromatic rings. The summed E-state index contributed by atoms with van der Waals surface area (Å²) < 4.78 is 28.2. The van der Waals surface area contributed by atoms with Gasteiger partial charge in [0.2, 0.25) is 11.8 Å². The second-order valence-corrected chi connectivity index (χ2v) is 20.4. The molecule has 2 aliphatic heterocycles. The predicted octanol–water partition coefficient (Wildman–Crippen LogP) is 10.1. The summed E-state index contributed by atoms with van der Waals surface area (Å²) >= 11 is 0. The minimum Gasteiger partial charge on any atom is -0.399 e. The number of allylic oxidation sites excluding steroid dienone is 2. The van der Waals surface area contributed by atoms with Crippen LogP contribution in [0.4, 0.5) is 34.1 Å². The summed E-state index contributed by atoms with van der Waals surface area (Å²) in [5.74, 6) is -0.224. The van der Waals surface area contributed by atoms with Crippen molar-refractivity contribution in [3.05, 3.63) is 161 Å². The molecule has 2 unspecified atom stereocenters. The molecule has 9 rings (SSSR count). The lowest BCUT2D eigenvalue weighted by Crippen LogP contribution is -2.38. The maximum absolute atomic E-state index is 13.6. The predicted molar refractivity (Wildman–Crippen MR) is 257 cm³/mol. The first-order valence-electron chi connectivity index (χ1n) is 21.7. The van der Waals surface area contributed by atoms with Crippen LogP contribution in [0.1, 0.15) is 90.4 Å². The molecule has 0 fully saturated rings. The topological polar surface area (TPSA) is 171 Å². The van der Waals surface area contributed by atoms with Crippen LogP contribution in [0.25, 0.3) is 0 Å². The molecule has 0 saturated heterocycles. The molecule has 2 aliphatic carbocycles. The highest BCUT2D eigenvalue weighted by atomic mass is 32.2. The molecule has 0 radical (unpaired) electrons. The van der Waals surface area contributed by atoms with Gasteiger partial charge in [-0.15, -0.1) is 0 Å². The maximum Gasteiger partial charge on any atom is 0.261 e. The van der Waals surface area contributed by atoms with Crippen LogP contribution in [0.5, 0.6) is 0 Å². The van der Waals surface area contributed by atoms with Gasteiger partial charge in [0.05, 0.1) is 39.7 Å². The Morgan fingerprint density at radius 2 is 0.985 bits per heavy atom. The van der Waals surface area contributed by atoms with Crippen molar-refractivity contribution < 1.29 is 27.6 Å². The van der Waals surface area contributed by atoms with Crippen LogP contribution in [-0.2, 0) is 29.2 Å². The highest BCUT2D eigenvalue weighted by molar-refractivity contribution is 7.92. The number of fused-ring (bicyclic) bond motifs is 2. The Morgan fingerprint density at radius 3 is 1.42 bits per heavy atom. The zero-order valence-corrected chi connectivity index (χ0v) is 38.3. The van der Waals surface area contributed by atoms with Gasteiger partial charge < -0.3 is 16.4 Å². The number of nitrogens with zero attached hydrogens (tertiary/aromatic N) is 2. The van der Waals surface area contributed by atoms with Gasteiger partial charge in [-0.25, -0.2) is 8.42 Å². The number of carbonyl (C=O) groups excluding carboxylic acids is 4. The number of para-hydroxylation sites is 4. The summed E-state index contributed by atoms with van der Waals surface area (Å²) in [4.78, 5) is 56.3. The van der Waals surface area contributed by atoms with Gasteiger partial charge in [0.15, 0.2) is 11.6 Å². The Kier molecular flexibility index (Phi) is 11.8. The number of rotatable bonds is 5. The number of nitrogens with two attached hydrogens (primary N) is 1. The van der Waals surface area contributed by atoms with E-state index in [2.05, 4.69) is 43.1 Å². The second-order valence-electron chi connectivity index (χ2n) is 18.7. The van der Waals surface area contributed by atoms with E-state index in [1.165, 1.54) is 19.1 Å². The molecule has 4 aliphatic rings. The fraction of sp³-hybridized carbons (Fsp3) is 0.269. The van der Waals surface area contributed by atoms with Gasteiger partial charge in [-0.05, 0) is 95.5 Å². The Labute approximate surface area is 380 Å². The van der Waals surface area contributed by atoms with E-state index in [0.717, 1.165) is 46.0 Å². The zero-order chi connectivity index (χ0) is 46.4. The van der Waals surface area contributed by atoms with Gasteiger partial charge >= 0.3 is 0 Å². The Morgan fingerprint density at radius 1 is 0.585 bits per heavy atom. The van der Waals surface area contributed by atoms with Crippen LogP contribution in [-0.4, -0.2) is 31.8 Å². The van der Waals surface area contributed by atoms with E-state index in [-0.39, 0.29) is 39.1 Å². The number of Topliss-reactive ketones (excluding diaryl/α,β-unsaturated/α-hetero) is 2. The van der Waals surface area contributed by atoms with Gasteiger partial charge in [0.1, 0.15) is 0 Å². The van der Waals surface area contributed by atoms with Crippen LogP contribution in [0.15, 0.2) is 155 Å². The first kappa shape index (κ1) is 44.6. The lowest BCUT2D eigenvalue weighted by molar-refractivity contribution is -0.120. The Bertz CT molecular complexity index is 2890. The third-order valence-corrected chi connectivity index (χ3v) is 13.7. The van der Waals surface area contributed by atoms with Gasteiger partial charge in [-0.3, -0.25) is 33.7 Å². The average molecular weight is 891 g/mol. The normalized spacial score (nSPS) is 19.7. The molecule has 0 saturated carbocycles. The number of nitrogen functional groups attached to an aromatic ring is 1. The summed E-state index contributed by atoms with van der Waals surface area (Å²) in [5.41, 5.74) is 14.2. The minimum atomic E-state index is -3.75. The van der Waals surface area contributed by atoms with E-state index in [1.54, 1.807) is 59.2 Å². The summed E-state index contributed by atoms with van der Waals surface area (Å²) in [6.07, 6.45) is 2.25. The summed E-state index contributed by atoms with van der Waals surface area (Å²) in [5, 5.41) is 6.95. The lowest BCUT2D eigenvalue weighted by atomic mass is 9.73. The molecule has 0 bridgehead atoms. The van der Waals surface area contributed by atoms with Crippen molar-refractivity contribution >= 4 is 67.5 Å². The van der Waals surface area contributed by atoms with Crippen molar-refractivity contribution in [3.63, 3.8) is 0 Å². The van der Waals surface area contributed by atoms with Crippen molar-refractivity contribution in [1.29, 1.82) is 0 Å². The van der Waals surface area contributed by atoms with E-state index in [4.69, 9.17) is 5.73 Å². The third kappa shape index (κ3) is 9.06. The smallest absolute Gasteiger partial charge is 0.261 e. The molecule has 0 spiro atoms. The van der Waals surface area contributed by atoms with Gasteiger partial charge in [0.25, 0.3) is 10.0 Å². The summed E-state index contributed by atoms with van der Waals surface area (Å²) in [6.45, 7) is 11.4. The van der Waals surface area contributed by atoms with Crippen LogP contribution in [0.3, 0.4) is 0 Å². The van der Waals surface area contributed by atoms with Crippen LogP contribution in [0, 0.1) is 10.8 Å². The zero-order valence-electron chi connectivity index (χ0n) is 37.4. The second kappa shape index (κ2) is 17.2. The molecule has 334 valence electrons. The van der Waals surface area contributed by atoms with E-state index in [1.807, 2.05) is 72.8 Å². The number of nitrogens with one attached hydrogen (secondary N) is 3. The van der Waals surface area contributed by atoms with Gasteiger partial charge in [-0.1, -0.05) is 94.4 Å². The molecule has 5 aromatic carbocycles. The highest BCUT2D eigenvalue weighted by Gasteiger charge is 2.44. The highest BCUT2D eigenvalue weighted by Crippen LogP contribution is 2.50. The van der Waals surface area contributed by atoms with Crippen molar-refractivity contribution in [3.8, 4) is 0 Å². The van der Waals surface area contributed by atoms with Gasteiger partial charge in [0, 0.05) is 60.6 Å². The minimum absolute atomic E-state index is 0.00309. The van der Waals surface area contributed by atoms with E-state index in [9.17, 15) is 27.6 Å². The van der Waals surface area contributed by atoms with Crippen molar-refractivity contribution in [1.82, 2.24) is 0 Å². The van der Waals surface area contributed by atoms with Crippen molar-refractivity contribution in [2.75, 3.05) is 30.9 Å². The van der Waals surface area contributed by atoms with E-state index < -0.39 is 22.1 Å². The van der Waals surface area contributed by atoms with Crippen LogP contribution >= 0.6 is 0 Å². The standard InChI is InChI=1S/C29H29N3O4S.C23H25N3O2/c1-19(33)32-25-12-8-7-11-23(25)30-24-17-29(2,3)18-26(34)27(24)28(32)20-13-15-21(16-14-20)31-37(35,36)22-9-5-4-6-10-22;1-14(27)26-19-7-5-4-6-17(19)25-18-12-23(2,3)13-20(28)21(18)22(26)15-8-10-16(24)11-9-15/h4-16,28,30-31H,17-18H2,1-3H3;4-11,22,25H,12-13,24H2,1-3H3. The fourth-order valence-electron chi connectivity index (χ4n) is 9.53. The monoisotopic (exact) mass is 890 g/mol. The molecule has 65 heavy (non-hydrogen) atoms. The number of anilines is 6. The quantitative estimate of drug-likeness (QED) is 0.125. The number of ketones is 2. The molecule has 2 heterocycles. The SMILES string of the molecule is CC(=O)N1c2ccccc2NC2=C(C(=O)CC(C)(C)C2)C1c1ccc(N)cc1.CC(=O)N1c2ccccc2NC2=C(C(=O)CC(C)(C)C2)C1c1ccc(NS(=O)(=O)c2ccccc2)cc1. The number of amides is 2. The largest absolute Gasteiger partial charge is 0.399 e. The number of benzene rings is 5. The summed E-state index contributed by atoms with van der Waals surface area (Å²) in [7, 11) is -3.75. The molecular formula is C52H54N6O6S. The molecule has 2 amide bonds. The maximum atomic E-state index is 13.6. The van der Waals surface area contributed by atoms with E-state index >= 15 is 0 Å². The number of sulfonamides is 1. The van der Waals surface area contributed by atoms with Crippen molar-refractivity contribution in [2.24, 2.45) is 10.8 Å². The number of carbonyl (C=O) groups is 4. The third-order valence-electron chi connectivity index (χ3n) is 12.3. The molecule has 5 N–H and O–H groups in total. The fourth-order valence-corrected chi connectivity index (χ4v) is 10.6. The molecule has 13 heteroatoms. The lowest BCUT2D eigenvalue weighted by Gasteiger charge is -2.36. The summed E-state index contributed by atoms with van der Waals surface area (Å²) in [6, 6.07) is 36.6. The molecule has 0 aromatic heterocycles. The average Bonchev–Trinajstić information content (AvgIpc) is 3.48. The van der Waals surface area contributed by atoms with E-state index in [0.29, 0.717) is 47.5 Å². The Hall–Kier alpha value is -6.99.